The fourth-order valence-corrected chi connectivity index (χ4v) is 5.89. The summed E-state index contributed by atoms with van der Waals surface area (Å²) >= 11 is 2.84. The van der Waals surface area contributed by atoms with Gasteiger partial charge in [0.2, 0.25) is 5.91 Å². The number of carbonyl (C=O) groups is 2. The molecule has 2 atom stereocenters. The van der Waals surface area contributed by atoms with E-state index in [1.807, 2.05) is 4.90 Å². The third-order valence-electron chi connectivity index (χ3n) is 5.68. The summed E-state index contributed by atoms with van der Waals surface area (Å²) in [5.74, 6) is 1.22. The number of nitrogens with two attached hydrogens (primary N) is 1. The molecule has 26 heavy (non-hydrogen) atoms. The predicted molar refractivity (Wildman–Crippen MR) is 104 cm³/mol. The van der Waals surface area contributed by atoms with E-state index in [1.54, 1.807) is 5.38 Å². The second-order valence-corrected chi connectivity index (χ2v) is 9.64. The molecule has 1 aromatic rings. The Hall–Kier alpha value is -1.12. The minimum absolute atomic E-state index is 0.0671. The molecule has 0 spiro atoms. The molecule has 2 fully saturated rings. The third kappa shape index (κ3) is 4.58. The summed E-state index contributed by atoms with van der Waals surface area (Å²) in [6, 6.07) is 0.213. The highest BCUT2D eigenvalue weighted by Gasteiger charge is 2.38. The highest BCUT2D eigenvalue weighted by atomic mass is 32.2. The molecule has 144 valence electrons. The first-order chi connectivity index (χ1) is 12.5. The molecule has 1 aliphatic heterocycles. The average molecular weight is 398 g/mol. The van der Waals surface area contributed by atoms with Crippen molar-refractivity contribution in [3.05, 3.63) is 11.1 Å². The lowest BCUT2D eigenvalue weighted by Gasteiger charge is -2.37. The van der Waals surface area contributed by atoms with E-state index in [-0.39, 0.29) is 23.7 Å². The topological polar surface area (TPSA) is 96.5 Å². The number of thiazole rings is 1. The van der Waals surface area contributed by atoms with Crippen LogP contribution in [0.3, 0.4) is 0 Å². The molecule has 8 heteroatoms. The number of hydrogen-bond acceptors (Lipinski definition) is 6. The first-order valence-electron chi connectivity index (χ1n) is 9.32. The molecule has 2 aliphatic rings. The maximum atomic E-state index is 12.3. The largest absolute Gasteiger partial charge is 0.476 e. The number of carboxylic acid groups (broad SMARTS) is 1. The zero-order valence-corrected chi connectivity index (χ0v) is 16.7. The summed E-state index contributed by atoms with van der Waals surface area (Å²) in [4.78, 5) is 29.3. The number of aromatic nitrogens is 1. The van der Waals surface area contributed by atoms with Gasteiger partial charge in [-0.25, -0.2) is 9.78 Å². The number of carboxylic acids is 1. The van der Waals surface area contributed by atoms with Gasteiger partial charge in [-0.1, -0.05) is 31.5 Å². The maximum absolute atomic E-state index is 12.3. The number of rotatable bonds is 7. The Balaban J connectivity index is 1.53. The SMILES string of the molecule is CC1CCC(C(N)[C@H]2CCC(=O)N2CCSc2nc(C(=O)O)cs2)CC1. The molecule has 1 aromatic heterocycles. The van der Waals surface area contributed by atoms with E-state index in [4.69, 9.17) is 10.8 Å². The highest BCUT2D eigenvalue weighted by Crippen LogP contribution is 2.34. The summed E-state index contributed by atoms with van der Waals surface area (Å²) in [6.07, 6.45) is 6.28. The first kappa shape index (κ1) is 19.6. The van der Waals surface area contributed by atoms with Gasteiger partial charge in [0.25, 0.3) is 0 Å². The highest BCUT2D eigenvalue weighted by molar-refractivity contribution is 8.01. The monoisotopic (exact) mass is 397 g/mol. The smallest absolute Gasteiger partial charge is 0.355 e. The van der Waals surface area contributed by atoms with Crippen LogP contribution in [0.4, 0.5) is 0 Å². The number of nitrogens with zero attached hydrogens (tertiary/aromatic N) is 2. The summed E-state index contributed by atoms with van der Waals surface area (Å²) in [7, 11) is 0. The predicted octanol–water partition coefficient (Wildman–Crippen LogP) is 3.08. The number of likely N-dealkylation sites (tertiary alicyclic amines) is 1. The fourth-order valence-electron chi connectivity index (χ4n) is 4.08. The molecule has 1 saturated carbocycles. The van der Waals surface area contributed by atoms with Gasteiger partial charge in [0, 0.05) is 36.2 Å². The molecule has 1 saturated heterocycles. The molecule has 6 nitrogen and oxygen atoms in total. The van der Waals surface area contributed by atoms with Gasteiger partial charge in [-0.05, 0) is 31.1 Å². The summed E-state index contributed by atoms with van der Waals surface area (Å²) < 4.78 is 0.733. The zero-order valence-electron chi connectivity index (χ0n) is 15.1. The van der Waals surface area contributed by atoms with Crippen LogP contribution in [0.5, 0.6) is 0 Å². The van der Waals surface area contributed by atoms with E-state index in [0.29, 0.717) is 24.6 Å². The molecule has 3 rings (SSSR count). The molecule has 3 N–H and O–H groups in total. The average Bonchev–Trinajstić information content (AvgIpc) is 3.23. The van der Waals surface area contributed by atoms with Gasteiger partial charge in [0.15, 0.2) is 10.0 Å². The Morgan fingerprint density at radius 3 is 2.81 bits per heavy atom. The Labute approximate surface area is 162 Å². The van der Waals surface area contributed by atoms with E-state index in [2.05, 4.69) is 11.9 Å². The van der Waals surface area contributed by atoms with Crippen LogP contribution < -0.4 is 5.73 Å². The van der Waals surface area contributed by atoms with E-state index < -0.39 is 5.97 Å². The van der Waals surface area contributed by atoms with Gasteiger partial charge in [0.05, 0.1) is 0 Å². The van der Waals surface area contributed by atoms with E-state index >= 15 is 0 Å². The molecule has 0 radical (unpaired) electrons. The normalized spacial score (nSPS) is 27.7. The van der Waals surface area contributed by atoms with Crippen LogP contribution in [0, 0.1) is 11.8 Å². The van der Waals surface area contributed by atoms with Crippen molar-refractivity contribution >= 4 is 35.0 Å². The Morgan fingerprint density at radius 1 is 1.42 bits per heavy atom. The van der Waals surface area contributed by atoms with E-state index in [9.17, 15) is 9.59 Å². The van der Waals surface area contributed by atoms with Crippen LogP contribution in [0.2, 0.25) is 0 Å². The van der Waals surface area contributed by atoms with Crippen LogP contribution >= 0.6 is 23.1 Å². The summed E-state index contributed by atoms with van der Waals surface area (Å²) in [5, 5.41) is 10.5. The zero-order chi connectivity index (χ0) is 18.7. The van der Waals surface area contributed by atoms with Crippen molar-refractivity contribution in [2.75, 3.05) is 12.3 Å². The van der Waals surface area contributed by atoms with Crippen LogP contribution in [-0.4, -0.2) is 51.2 Å². The van der Waals surface area contributed by atoms with Crippen molar-refractivity contribution in [1.82, 2.24) is 9.88 Å². The van der Waals surface area contributed by atoms with Crippen LogP contribution in [0.1, 0.15) is 55.9 Å². The standard InChI is InChI=1S/C18H27N3O3S2/c1-11-2-4-12(5-3-11)16(19)14-6-7-15(22)21(14)8-9-25-18-20-13(10-26-18)17(23)24/h10-12,14,16H,2-9,19H2,1H3,(H,23,24)/t11?,12?,14-,16?/m1/s1. The number of carbonyl (C=O) groups excluding carboxylic acids is 1. The van der Waals surface area contributed by atoms with Crippen molar-refractivity contribution in [3.8, 4) is 0 Å². The minimum Gasteiger partial charge on any atom is -0.476 e. The third-order valence-corrected chi connectivity index (χ3v) is 7.68. The summed E-state index contributed by atoms with van der Waals surface area (Å²) in [5.41, 5.74) is 6.68. The molecular weight excluding hydrogens is 370 g/mol. The second-order valence-electron chi connectivity index (χ2n) is 7.44. The molecule has 0 bridgehead atoms. The number of thioether (sulfide) groups is 1. The minimum atomic E-state index is -1.00. The maximum Gasteiger partial charge on any atom is 0.355 e. The first-order valence-corrected chi connectivity index (χ1v) is 11.2. The van der Waals surface area contributed by atoms with Gasteiger partial charge in [-0.15, -0.1) is 11.3 Å². The van der Waals surface area contributed by atoms with Gasteiger partial charge in [-0.3, -0.25) is 4.79 Å². The van der Waals surface area contributed by atoms with E-state index in [1.165, 1.54) is 48.8 Å². The Bertz CT molecular complexity index is 643. The van der Waals surface area contributed by atoms with Crippen molar-refractivity contribution in [3.63, 3.8) is 0 Å². The Kier molecular flexibility index (Phi) is 6.58. The summed E-state index contributed by atoms with van der Waals surface area (Å²) in [6.45, 7) is 2.95. The second kappa shape index (κ2) is 8.71. The van der Waals surface area contributed by atoms with Crippen LogP contribution in [0.15, 0.2) is 9.72 Å². The van der Waals surface area contributed by atoms with Gasteiger partial charge in [0.1, 0.15) is 0 Å². The van der Waals surface area contributed by atoms with Crippen molar-refractivity contribution < 1.29 is 14.7 Å². The lowest BCUT2D eigenvalue weighted by molar-refractivity contribution is -0.129. The van der Waals surface area contributed by atoms with Gasteiger partial charge in [-0.2, -0.15) is 0 Å². The molecule has 2 heterocycles. The van der Waals surface area contributed by atoms with Crippen molar-refractivity contribution in [1.29, 1.82) is 0 Å². The van der Waals surface area contributed by atoms with Crippen LogP contribution in [-0.2, 0) is 4.79 Å². The van der Waals surface area contributed by atoms with Crippen molar-refractivity contribution in [2.45, 2.75) is 61.9 Å². The molecular formula is C18H27N3O3S2. The van der Waals surface area contributed by atoms with Gasteiger partial charge < -0.3 is 15.7 Å². The lowest BCUT2D eigenvalue weighted by Crippen LogP contribution is -2.50. The van der Waals surface area contributed by atoms with Crippen LogP contribution in [0.25, 0.3) is 0 Å². The Morgan fingerprint density at radius 2 is 2.15 bits per heavy atom. The quantitative estimate of drug-likeness (QED) is 0.686. The molecule has 0 aromatic carbocycles. The molecule has 1 aliphatic carbocycles. The van der Waals surface area contributed by atoms with Gasteiger partial charge >= 0.3 is 5.97 Å². The van der Waals surface area contributed by atoms with E-state index in [0.717, 1.165) is 16.7 Å². The lowest BCUT2D eigenvalue weighted by atomic mass is 9.77. The molecule has 1 unspecified atom stereocenters. The molecule has 1 amide bonds. The number of aromatic carboxylic acids is 1. The number of hydrogen-bond donors (Lipinski definition) is 2. The number of amides is 1. The van der Waals surface area contributed by atoms with Crippen molar-refractivity contribution in [2.24, 2.45) is 17.6 Å². The fraction of sp³-hybridized carbons (Fsp3) is 0.722.